The second-order valence-electron chi connectivity index (χ2n) is 5.25. The minimum absolute atomic E-state index is 0.222. The SMILES string of the molecule is CNC(CCN1CCOC(C)C1)c1cccc(Cl)c1Cl. The van der Waals surface area contributed by atoms with Gasteiger partial charge in [-0.3, -0.25) is 4.90 Å². The highest BCUT2D eigenvalue weighted by Gasteiger charge is 2.19. The Bertz CT molecular complexity index is 442. The van der Waals surface area contributed by atoms with E-state index in [1.165, 1.54) is 0 Å². The van der Waals surface area contributed by atoms with E-state index in [1.807, 2.05) is 25.2 Å². The molecule has 5 heteroatoms. The highest BCUT2D eigenvalue weighted by Crippen LogP contribution is 2.31. The van der Waals surface area contributed by atoms with Crippen molar-refractivity contribution in [3.05, 3.63) is 33.8 Å². The Morgan fingerprint density at radius 1 is 1.45 bits per heavy atom. The number of morpholine rings is 1. The largest absolute Gasteiger partial charge is 0.376 e. The Kier molecular flexibility index (Phi) is 6.12. The van der Waals surface area contributed by atoms with Crippen molar-refractivity contribution in [2.24, 2.45) is 0 Å². The van der Waals surface area contributed by atoms with Crippen LogP contribution in [0.3, 0.4) is 0 Å². The van der Waals surface area contributed by atoms with Gasteiger partial charge in [-0.1, -0.05) is 35.3 Å². The second-order valence-corrected chi connectivity index (χ2v) is 6.04. The van der Waals surface area contributed by atoms with E-state index in [0.29, 0.717) is 16.1 Å². The molecule has 2 atom stereocenters. The first-order valence-corrected chi connectivity index (χ1v) is 7.82. The molecule has 3 nitrogen and oxygen atoms in total. The summed E-state index contributed by atoms with van der Waals surface area (Å²) < 4.78 is 5.56. The number of rotatable bonds is 5. The van der Waals surface area contributed by atoms with Crippen molar-refractivity contribution in [1.82, 2.24) is 10.2 Å². The van der Waals surface area contributed by atoms with Crippen molar-refractivity contribution in [1.29, 1.82) is 0 Å². The van der Waals surface area contributed by atoms with Gasteiger partial charge in [0.1, 0.15) is 0 Å². The summed E-state index contributed by atoms with van der Waals surface area (Å²) in [4.78, 5) is 2.44. The molecule has 112 valence electrons. The number of nitrogens with one attached hydrogen (secondary N) is 1. The highest BCUT2D eigenvalue weighted by atomic mass is 35.5. The zero-order valence-corrected chi connectivity index (χ0v) is 13.5. The Labute approximate surface area is 131 Å². The molecule has 1 aromatic rings. The van der Waals surface area contributed by atoms with E-state index in [4.69, 9.17) is 27.9 Å². The number of hydrogen-bond acceptors (Lipinski definition) is 3. The summed E-state index contributed by atoms with van der Waals surface area (Å²) in [5, 5.41) is 4.61. The summed E-state index contributed by atoms with van der Waals surface area (Å²) in [6.45, 7) is 5.98. The molecule has 1 aliphatic rings. The lowest BCUT2D eigenvalue weighted by Gasteiger charge is -2.32. The molecule has 0 aliphatic carbocycles. The van der Waals surface area contributed by atoms with E-state index in [9.17, 15) is 0 Å². The molecule has 0 saturated carbocycles. The average molecular weight is 317 g/mol. The van der Waals surface area contributed by atoms with Gasteiger partial charge in [0, 0.05) is 25.7 Å². The molecule has 1 N–H and O–H groups in total. The van der Waals surface area contributed by atoms with Crippen LogP contribution in [0, 0.1) is 0 Å². The lowest BCUT2D eigenvalue weighted by molar-refractivity contribution is -0.0191. The van der Waals surface area contributed by atoms with E-state index < -0.39 is 0 Å². The summed E-state index contributed by atoms with van der Waals surface area (Å²) in [7, 11) is 1.96. The number of halogens is 2. The topological polar surface area (TPSA) is 24.5 Å². The zero-order chi connectivity index (χ0) is 14.5. The smallest absolute Gasteiger partial charge is 0.0674 e. The third kappa shape index (κ3) is 4.09. The van der Waals surface area contributed by atoms with E-state index in [0.717, 1.165) is 38.2 Å². The Morgan fingerprint density at radius 2 is 2.25 bits per heavy atom. The van der Waals surface area contributed by atoms with Gasteiger partial charge in [0.15, 0.2) is 0 Å². The van der Waals surface area contributed by atoms with Crippen LogP contribution in [0.5, 0.6) is 0 Å². The molecule has 0 aromatic heterocycles. The van der Waals surface area contributed by atoms with Gasteiger partial charge in [0.2, 0.25) is 0 Å². The molecule has 1 aliphatic heterocycles. The maximum absolute atomic E-state index is 6.31. The van der Waals surface area contributed by atoms with Crippen LogP contribution in [-0.4, -0.2) is 44.3 Å². The van der Waals surface area contributed by atoms with Gasteiger partial charge in [-0.05, 0) is 32.0 Å². The fraction of sp³-hybridized carbons (Fsp3) is 0.600. The molecular formula is C15H22Cl2N2O. The fourth-order valence-electron chi connectivity index (χ4n) is 2.65. The van der Waals surface area contributed by atoms with Gasteiger partial charge in [-0.25, -0.2) is 0 Å². The lowest BCUT2D eigenvalue weighted by atomic mass is 10.0. The number of ether oxygens (including phenoxy) is 1. The van der Waals surface area contributed by atoms with Crippen molar-refractivity contribution in [2.75, 3.05) is 33.3 Å². The standard InChI is InChI=1S/C15H22Cl2N2O/c1-11-10-19(8-9-20-11)7-6-14(18-2)12-4-3-5-13(16)15(12)17/h3-5,11,14,18H,6-10H2,1-2H3. The number of nitrogens with zero attached hydrogens (tertiary/aromatic N) is 1. The molecule has 2 rings (SSSR count). The summed E-state index contributed by atoms with van der Waals surface area (Å²) in [5.41, 5.74) is 1.07. The molecule has 0 radical (unpaired) electrons. The van der Waals surface area contributed by atoms with Gasteiger partial charge in [-0.2, -0.15) is 0 Å². The van der Waals surface area contributed by atoms with Gasteiger partial charge in [-0.15, -0.1) is 0 Å². The Morgan fingerprint density at radius 3 is 2.95 bits per heavy atom. The van der Waals surface area contributed by atoms with Crippen LogP contribution in [-0.2, 0) is 4.74 Å². The third-order valence-electron chi connectivity index (χ3n) is 3.76. The van der Waals surface area contributed by atoms with Crippen molar-refractivity contribution < 1.29 is 4.74 Å². The summed E-state index contributed by atoms with van der Waals surface area (Å²) in [5.74, 6) is 0. The van der Waals surface area contributed by atoms with Crippen molar-refractivity contribution in [2.45, 2.75) is 25.5 Å². The van der Waals surface area contributed by atoms with E-state index >= 15 is 0 Å². The predicted molar refractivity (Wildman–Crippen MR) is 84.7 cm³/mol. The van der Waals surface area contributed by atoms with Gasteiger partial charge in [0.25, 0.3) is 0 Å². The minimum atomic E-state index is 0.222. The first-order valence-electron chi connectivity index (χ1n) is 7.07. The molecule has 0 amide bonds. The molecule has 1 fully saturated rings. The van der Waals surface area contributed by atoms with E-state index in [2.05, 4.69) is 17.1 Å². The molecule has 0 spiro atoms. The summed E-state index contributed by atoms with van der Waals surface area (Å²) in [6, 6.07) is 6.03. The quantitative estimate of drug-likeness (QED) is 0.901. The first kappa shape index (κ1) is 16.1. The van der Waals surface area contributed by atoms with Gasteiger partial charge < -0.3 is 10.1 Å². The second kappa shape index (κ2) is 7.62. The monoisotopic (exact) mass is 316 g/mol. The Balaban J connectivity index is 1.97. The average Bonchev–Trinajstić information content (AvgIpc) is 2.44. The minimum Gasteiger partial charge on any atom is -0.376 e. The summed E-state index contributed by atoms with van der Waals surface area (Å²) in [6.07, 6.45) is 1.33. The van der Waals surface area contributed by atoms with Crippen LogP contribution < -0.4 is 5.32 Å². The summed E-state index contributed by atoms with van der Waals surface area (Å²) >= 11 is 12.4. The lowest BCUT2D eigenvalue weighted by Crippen LogP contribution is -2.42. The fourth-order valence-corrected chi connectivity index (χ4v) is 3.09. The van der Waals surface area contributed by atoms with Crippen LogP contribution in [0.2, 0.25) is 10.0 Å². The third-order valence-corrected chi connectivity index (χ3v) is 4.60. The van der Waals surface area contributed by atoms with Crippen molar-refractivity contribution in [3.63, 3.8) is 0 Å². The van der Waals surface area contributed by atoms with Crippen LogP contribution in [0.4, 0.5) is 0 Å². The van der Waals surface area contributed by atoms with E-state index in [-0.39, 0.29) is 6.04 Å². The maximum atomic E-state index is 6.31. The van der Waals surface area contributed by atoms with Gasteiger partial charge >= 0.3 is 0 Å². The van der Waals surface area contributed by atoms with Gasteiger partial charge in [0.05, 0.1) is 22.8 Å². The molecule has 0 bridgehead atoms. The van der Waals surface area contributed by atoms with Crippen LogP contribution in [0.25, 0.3) is 0 Å². The van der Waals surface area contributed by atoms with Crippen molar-refractivity contribution >= 4 is 23.2 Å². The molecule has 1 aromatic carbocycles. The normalized spacial score (nSPS) is 21.9. The van der Waals surface area contributed by atoms with Crippen LogP contribution in [0.15, 0.2) is 18.2 Å². The Hall–Kier alpha value is -0.320. The number of benzene rings is 1. The number of hydrogen-bond donors (Lipinski definition) is 1. The zero-order valence-electron chi connectivity index (χ0n) is 12.0. The molecule has 1 heterocycles. The highest BCUT2D eigenvalue weighted by molar-refractivity contribution is 6.42. The molecule has 2 unspecified atom stereocenters. The first-order chi connectivity index (χ1) is 9.61. The maximum Gasteiger partial charge on any atom is 0.0674 e. The van der Waals surface area contributed by atoms with Crippen LogP contribution >= 0.6 is 23.2 Å². The predicted octanol–water partition coefficient (Wildman–Crippen LogP) is 3.36. The molecule has 20 heavy (non-hydrogen) atoms. The van der Waals surface area contributed by atoms with E-state index in [1.54, 1.807) is 0 Å². The van der Waals surface area contributed by atoms with Crippen molar-refractivity contribution in [3.8, 4) is 0 Å². The van der Waals surface area contributed by atoms with Crippen LogP contribution in [0.1, 0.15) is 24.9 Å². The molecular weight excluding hydrogens is 295 g/mol. The molecule has 1 saturated heterocycles.